The van der Waals surface area contributed by atoms with Crippen molar-refractivity contribution in [1.29, 1.82) is 0 Å². The number of allylic oxidation sites excluding steroid dienone is 2. The number of hydrogen-bond donors (Lipinski definition) is 0. The van der Waals surface area contributed by atoms with Gasteiger partial charge in [0.2, 0.25) is 5.91 Å². The van der Waals surface area contributed by atoms with Gasteiger partial charge < -0.3 is 4.90 Å². The second-order valence-corrected chi connectivity index (χ2v) is 8.85. The summed E-state index contributed by atoms with van der Waals surface area (Å²) in [6.07, 6.45) is 7.07. The molecule has 1 saturated carbocycles. The summed E-state index contributed by atoms with van der Waals surface area (Å²) >= 11 is 0. The van der Waals surface area contributed by atoms with Crippen molar-refractivity contribution in [3.63, 3.8) is 0 Å². The molecule has 2 fully saturated rings. The standard InChI is InChI=1S/C24H21NO/c26-24-21-15-10-9-14(11-15)20(21)23-18-12-13-5-1-2-6-16(13)22(18)17-7-3-4-8-19(17)25(23)24/h1-10,14-15,18,20-23H,11-12H2/t14-,15+,18-,20-,21+,22-,23+/m0/s1. The average Bonchev–Trinajstić information content (AvgIpc) is 3.42. The monoisotopic (exact) mass is 339 g/mol. The number of amides is 1. The third-order valence-electron chi connectivity index (χ3n) is 7.98. The third-order valence-corrected chi connectivity index (χ3v) is 7.98. The molecule has 7 rings (SSSR count). The number of benzene rings is 2. The Morgan fingerprint density at radius 1 is 0.885 bits per heavy atom. The van der Waals surface area contributed by atoms with E-state index in [0.717, 1.165) is 6.42 Å². The normalized spacial score (nSPS) is 40.2. The number of rotatable bonds is 0. The molecular formula is C24H21NO. The number of fused-ring (bicyclic) bond motifs is 14. The molecule has 0 aromatic heterocycles. The highest BCUT2D eigenvalue weighted by molar-refractivity contribution is 6.01. The smallest absolute Gasteiger partial charge is 0.231 e. The molecule has 2 heterocycles. The summed E-state index contributed by atoms with van der Waals surface area (Å²) in [7, 11) is 0. The summed E-state index contributed by atoms with van der Waals surface area (Å²) in [5.74, 6) is 3.24. The Labute approximate surface area is 153 Å². The van der Waals surface area contributed by atoms with Gasteiger partial charge in [-0.1, -0.05) is 54.6 Å². The Kier molecular flexibility index (Phi) is 2.38. The minimum Gasteiger partial charge on any atom is -0.308 e. The van der Waals surface area contributed by atoms with E-state index >= 15 is 0 Å². The van der Waals surface area contributed by atoms with Gasteiger partial charge in [0, 0.05) is 17.6 Å². The van der Waals surface area contributed by atoms with Crippen molar-refractivity contribution < 1.29 is 4.79 Å². The van der Waals surface area contributed by atoms with Crippen LogP contribution in [0.1, 0.15) is 29.0 Å². The van der Waals surface area contributed by atoms with E-state index in [9.17, 15) is 4.79 Å². The van der Waals surface area contributed by atoms with Crippen LogP contribution in [-0.4, -0.2) is 11.9 Å². The summed E-state index contributed by atoms with van der Waals surface area (Å²) < 4.78 is 0. The van der Waals surface area contributed by atoms with Crippen molar-refractivity contribution >= 4 is 11.6 Å². The summed E-state index contributed by atoms with van der Waals surface area (Å²) in [6.45, 7) is 0. The Morgan fingerprint density at radius 3 is 2.58 bits per heavy atom. The second kappa shape index (κ2) is 4.49. The number of para-hydroxylation sites is 1. The highest BCUT2D eigenvalue weighted by Crippen LogP contribution is 2.62. The van der Waals surface area contributed by atoms with E-state index in [0.29, 0.717) is 41.5 Å². The molecule has 0 radical (unpaired) electrons. The number of carbonyl (C=O) groups excluding carboxylic acids is 1. The van der Waals surface area contributed by atoms with Gasteiger partial charge in [0.05, 0.1) is 5.92 Å². The van der Waals surface area contributed by atoms with E-state index in [1.807, 2.05) is 0 Å². The van der Waals surface area contributed by atoms with Gasteiger partial charge in [-0.2, -0.15) is 0 Å². The fourth-order valence-electron chi connectivity index (χ4n) is 7.22. The Bertz CT molecular complexity index is 991. The first-order valence-electron chi connectivity index (χ1n) is 10.0. The van der Waals surface area contributed by atoms with E-state index < -0.39 is 0 Å². The molecule has 2 nitrogen and oxygen atoms in total. The zero-order chi connectivity index (χ0) is 17.0. The maximum absolute atomic E-state index is 13.5. The molecule has 2 aromatic rings. The topological polar surface area (TPSA) is 20.3 Å². The first kappa shape index (κ1) is 13.8. The fourth-order valence-corrected chi connectivity index (χ4v) is 7.22. The molecule has 2 heteroatoms. The zero-order valence-corrected chi connectivity index (χ0v) is 14.6. The lowest BCUT2D eigenvalue weighted by molar-refractivity contribution is -0.121. The van der Waals surface area contributed by atoms with Gasteiger partial charge >= 0.3 is 0 Å². The van der Waals surface area contributed by atoms with Crippen molar-refractivity contribution in [3.05, 3.63) is 77.4 Å². The highest BCUT2D eigenvalue weighted by atomic mass is 16.2. The number of carbonyl (C=O) groups is 1. The van der Waals surface area contributed by atoms with Crippen LogP contribution in [0.3, 0.4) is 0 Å². The van der Waals surface area contributed by atoms with Crippen LogP contribution < -0.4 is 4.90 Å². The number of hydrogen-bond acceptors (Lipinski definition) is 1. The lowest BCUT2D eigenvalue weighted by Crippen LogP contribution is -2.47. The summed E-state index contributed by atoms with van der Waals surface area (Å²) in [5, 5.41) is 0. The molecule has 0 spiro atoms. The molecule has 128 valence electrons. The Morgan fingerprint density at radius 2 is 1.65 bits per heavy atom. The Hall–Kier alpha value is -2.35. The van der Waals surface area contributed by atoms with Crippen LogP contribution in [0.5, 0.6) is 0 Å². The molecule has 26 heavy (non-hydrogen) atoms. The van der Waals surface area contributed by atoms with E-state index in [4.69, 9.17) is 0 Å². The molecule has 5 aliphatic rings. The summed E-state index contributed by atoms with van der Waals surface area (Å²) in [5.41, 5.74) is 5.55. The van der Waals surface area contributed by atoms with Crippen molar-refractivity contribution in [2.24, 2.45) is 29.6 Å². The SMILES string of the molecule is O=C1[C@H]2[C@@H]([C@H]3[C@H]4Cc5ccccc5[C@H]4c4ccccc4N13)[C@H]1C=C[C@@H]2C1. The van der Waals surface area contributed by atoms with Gasteiger partial charge in [0.1, 0.15) is 0 Å². The van der Waals surface area contributed by atoms with Crippen LogP contribution in [0.2, 0.25) is 0 Å². The van der Waals surface area contributed by atoms with Crippen molar-refractivity contribution in [1.82, 2.24) is 0 Å². The van der Waals surface area contributed by atoms with Gasteiger partial charge in [-0.15, -0.1) is 0 Å². The largest absolute Gasteiger partial charge is 0.308 e. The zero-order valence-electron chi connectivity index (χ0n) is 14.6. The minimum atomic E-state index is 0.227. The predicted molar refractivity (Wildman–Crippen MR) is 101 cm³/mol. The third kappa shape index (κ3) is 1.42. The average molecular weight is 339 g/mol. The van der Waals surface area contributed by atoms with Gasteiger partial charge in [0.15, 0.2) is 0 Å². The van der Waals surface area contributed by atoms with E-state index in [1.54, 1.807) is 0 Å². The number of nitrogens with zero attached hydrogens (tertiary/aromatic N) is 1. The lowest BCUT2D eigenvalue weighted by Gasteiger charge is -2.43. The maximum Gasteiger partial charge on any atom is 0.231 e. The second-order valence-electron chi connectivity index (χ2n) is 8.85. The lowest BCUT2D eigenvalue weighted by atomic mass is 9.70. The summed E-state index contributed by atoms with van der Waals surface area (Å²) in [6, 6.07) is 18.0. The molecule has 0 unspecified atom stereocenters. The van der Waals surface area contributed by atoms with Crippen molar-refractivity contribution in [2.45, 2.75) is 24.8 Å². The first-order chi connectivity index (χ1) is 12.8. The van der Waals surface area contributed by atoms with Crippen LogP contribution in [0, 0.1) is 29.6 Å². The van der Waals surface area contributed by atoms with E-state index in [-0.39, 0.29) is 5.92 Å². The summed E-state index contributed by atoms with van der Waals surface area (Å²) in [4.78, 5) is 15.8. The molecule has 2 bridgehead atoms. The molecule has 3 aliphatic carbocycles. The van der Waals surface area contributed by atoms with E-state index in [2.05, 4.69) is 65.6 Å². The van der Waals surface area contributed by atoms with Crippen molar-refractivity contribution in [3.8, 4) is 0 Å². The number of anilines is 1. The van der Waals surface area contributed by atoms with Gasteiger partial charge in [0.25, 0.3) is 0 Å². The molecule has 2 aliphatic heterocycles. The first-order valence-corrected chi connectivity index (χ1v) is 10.0. The fraction of sp³-hybridized carbons (Fsp3) is 0.375. The van der Waals surface area contributed by atoms with Crippen LogP contribution in [0.15, 0.2) is 60.7 Å². The molecule has 2 aromatic carbocycles. The van der Waals surface area contributed by atoms with Crippen LogP contribution in [0.25, 0.3) is 0 Å². The minimum absolute atomic E-state index is 0.227. The van der Waals surface area contributed by atoms with Crippen LogP contribution >= 0.6 is 0 Å². The molecule has 0 N–H and O–H groups in total. The van der Waals surface area contributed by atoms with Crippen molar-refractivity contribution in [2.75, 3.05) is 4.90 Å². The Balaban J connectivity index is 1.48. The quantitative estimate of drug-likeness (QED) is 0.660. The molecule has 1 amide bonds. The molecule has 1 saturated heterocycles. The maximum atomic E-state index is 13.5. The van der Waals surface area contributed by atoms with Crippen LogP contribution in [-0.2, 0) is 11.2 Å². The van der Waals surface area contributed by atoms with Crippen LogP contribution in [0.4, 0.5) is 5.69 Å². The molecule has 7 atom stereocenters. The molecular weight excluding hydrogens is 318 g/mol. The predicted octanol–water partition coefficient (Wildman–Crippen LogP) is 4.16. The van der Waals surface area contributed by atoms with Gasteiger partial charge in [-0.25, -0.2) is 0 Å². The highest BCUT2D eigenvalue weighted by Gasteiger charge is 2.64. The van der Waals surface area contributed by atoms with Gasteiger partial charge in [-0.3, -0.25) is 4.79 Å². The van der Waals surface area contributed by atoms with Gasteiger partial charge in [-0.05, 0) is 59.3 Å². The van der Waals surface area contributed by atoms with E-state index in [1.165, 1.54) is 28.8 Å².